The lowest BCUT2D eigenvalue weighted by atomic mass is 10.3. The molecule has 2 heterocycles. The second-order valence-electron chi connectivity index (χ2n) is 5.03. The van der Waals surface area contributed by atoms with Gasteiger partial charge in [-0.1, -0.05) is 27.5 Å². The van der Waals surface area contributed by atoms with Crippen molar-refractivity contribution in [1.82, 2.24) is 14.3 Å². The fraction of sp³-hybridized carbons (Fsp3) is 0.286. The number of ether oxygens (including phenoxy) is 1. The molecule has 1 aromatic carbocycles. The molecule has 0 N–H and O–H groups in total. The van der Waals surface area contributed by atoms with Gasteiger partial charge in [0.05, 0.1) is 28.9 Å². The average molecular weight is 419 g/mol. The standard InChI is InChI=1S/C14H13BrClN3O3S/c15-10-1-3-13(4-2-10)23(20,21)19-6-5-12(9-19)22-14-17-7-11(16)8-18-14/h1-4,7-8,12H,5-6,9H2/t12-/m0/s1. The molecule has 1 aliphatic rings. The first-order valence-corrected chi connectivity index (χ1v) is 9.46. The third kappa shape index (κ3) is 3.82. The van der Waals surface area contributed by atoms with Crippen LogP contribution in [0.1, 0.15) is 6.42 Å². The van der Waals surface area contributed by atoms with Crippen LogP contribution in [0.5, 0.6) is 6.01 Å². The summed E-state index contributed by atoms with van der Waals surface area (Å²) in [6.07, 6.45) is 3.19. The van der Waals surface area contributed by atoms with E-state index in [4.69, 9.17) is 16.3 Å². The minimum Gasteiger partial charge on any atom is -0.459 e. The highest BCUT2D eigenvalue weighted by atomic mass is 79.9. The topological polar surface area (TPSA) is 72.4 Å². The number of halogens is 2. The van der Waals surface area contributed by atoms with E-state index in [9.17, 15) is 8.42 Å². The smallest absolute Gasteiger partial charge is 0.316 e. The van der Waals surface area contributed by atoms with Crippen molar-refractivity contribution in [3.8, 4) is 6.01 Å². The zero-order chi connectivity index (χ0) is 16.4. The number of aromatic nitrogens is 2. The molecular formula is C14H13BrClN3O3S. The fourth-order valence-corrected chi connectivity index (χ4v) is 4.13. The molecule has 23 heavy (non-hydrogen) atoms. The van der Waals surface area contributed by atoms with E-state index >= 15 is 0 Å². The molecule has 122 valence electrons. The maximum atomic E-state index is 12.6. The Morgan fingerprint density at radius 2 is 1.87 bits per heavy atom. The molecule has 3 rings (SSSR count). The number of rotatable bonds is 4. The average Bonchev–Trinajstić information content (AvgIpc) is 2.99. The van der Waals surface area contributed by atoms with Gasteiger partial charge in [0.15, 0.2) is 0 Å². The van der Waals surface area contributed by atoms with Gasteiger partial charge in [0.2, 0.25) is 10.0 Å². The van der Waals surface area contributed by atoms with Crippen LogP contribution in [0.2, 0.25) is 5.02 Å². The highest BCUT2D eigenvalue weighted by Crippen LogP contribution is 2.24. The van der Waals surface area contributed by atoms with Gasteiger partial charge in [-0.15, -0.1) is 0 Å². The van der Waals surface area contributed by atoms with Crippen LogP contribution in [-0.2, 0) is 10.0 Å². The Balaban J connectivity index is 1.69. The van der Waals surface area contributed by atoms with Gasteiger partial charge in [-0.2, -0.15) is 4.31 Å². The summed E-state index contributed by atoms with van der Waals surface area (Å²) in [5, 5.41) is 0.420. The van der Waals surface area contributed by atoms with Gasteiger partial charge in [-0.3, -0.25) is 0 Å². The molecule has 0 saturated carbocycles. The molecule has 1 saturated heterocycles. The van der Waals surface area contributed by atoms with Gasteiger partial charge >= 0.3 is 6.01 Å². The summed E-state index contributed by atoms with van der Waals surface area (Å²) >= 11 is 9.01. The molecular weight excluding hydrogens is 406 g/mol. The highest BCUT2D eigenvalue weighted by Gasteiger charge is 2.33. The van der Waals surface area contributed by atoms with E-state index < -0.39 is 10.0 Å². The van der Waals surface area contributed by atoms with E-state index in [1.807, 2.05) is 0 Å². The molecule has 0 unspecified atom stereocenters. The minimum absolute atomic E-state index is 0.197. The Morgan fingerprint density at radius 1 is 1.22 bits per heavy atom. The molecule has 2 aromatic rings. The second-order valence-corrected chi connectivity index (χ2v) is 8.32. The molecule has 9 heteroatoms. The van der Waals surface area contributed by atoms with Crippen molar-refractivity contribution in [2.24, 2.45) is 0 Å². The molecule has 1 aromatic heterocycles. The summed E-state index contributed by atoms with van der Waals surface area (Å²) in [4.78, 5) is 8.18. The van der Waals surface area contributed by atoms with Crippen LogP contribution in [0, 0.1) is 0 Å². The molecule has 1 fully saturated rings. The molecule has 6 nitrogen and oxygen atoms in total. The van der Waals surface area contributed by atoms with Crippen LogP contribution in [-0.4, -0.2) is 41.9 Å². The number of hydrogen-bond donors (Lipinski definition) is 0. The maximum absolute atomic E-state index is 12.6. The van der Waals surface area contributed by atoms with Gasteiger partial charge in [-0.25, -0.2) is 18.4 Å². The maximum Gasteiger partial charge on any atom is 0.316 e. The van der Waals surface area contributed by atoms with Crippen molar-refractivity contribution < 1.29 is 13.2 Å². The Kier molecular flexibility index (Phi) is 4.86. The van der Waals surface area contributed by atoms with Gasteiger partial charge in [0, 0.05) is 11.0 Å². The number of hydrogen-bond acceptors (Lipinski definition) is 5. The number of sulfonamides is 1. The van der Waals surface area contributed by atoms with Gasteiger partial charge in [-0.05, 0) is 30.7 Å². The van der Waals surface area contributed by atoms with E-state index in [0.29, 0.717) is 18.0 Å². The van der Waals surface area contributed by atoms with Gasteiger partial charge < -0.3 is 4.74 Å². The first kappa shape index (κ1) is 16.6. The van der Waals surface area contributed by atoms with Crippen molar-refractivity contribution in [2.45, 2.75) is 17.4 Å². The van der Waals surface area contributed by atoms with E-state index in [-0.39, 0.29) is 23.6 Å². The van der Waals surface area contributed by atoms with Crippen LogP contribution in [0.15, 0.2) is 46.0 Å². The SMILES string of the molecule is O=S(=O)(c1ccc(Br)cc1)N1CC[C@H](Oc2ncc(Cl)cn2)C1. The quantitative estimate of drug-likeness (QED) is 0.763. The number of benzene rings is 1. The van der Waals surface area contributed by atoms with Crippen molar-refractivity contribution in [3.63, 3.8) is 0 Å². The lowest BCUT2D eigenvalue weighted by molar-refractivity contribution is 0.197. The van der Waals surface area contributed by atoms with Crippen molar-refractivity contribution in [1.29, 1.82) is 0 Å². The van der Waals surface area contributed by atoms with Crippen molar-refractivity contribution >= 4 is 37.6 Å². The van der Waals surface area contributed by atoms with Crippen LogP contribution in [0.25, 0.3) is 0 Å². The highest BCUT2D eigenvalue weighted by molar-refractivity contribution is 9.10. The first-order valence-electron chi connectivity index (χ1n) is 6.85. The Bertz CT molecular complexity index is 784. The molecule has 0 amide bonds. The summed E-state index contributed by atoms with van der Waals surface area (Å²) in [7, 11) is -3.52. The van der Waals surface area contributed by atoms with E-state index in [1.54, 1.807) is 24.3 Å². The monoisotopic (exact) mass is 417 g/mol. The summed E-state index contributed by atoms with van der Waals surface area (Å²) < 4.78 is 33.1. The summed E-state index contributed by atoms with van der Waals surface area (Å²) in [5.74, 6) is 0. The second kappa shape index (κ2) is 6.72. The van der Waals surface area contributed by atoms with E-state index in [2.05, 4.69) is 25.9 Å². The minimum atomic E-state index is -3.52. The Labute approximate surface area is 147 Å². The normalized spacial score (nSPS) is 19.0. The summed E-state index contributed by atoms with van der Waals surface area (Å²) in [6.45, 7) is 0.668. The molecule has 0 spiro atoms. The lowest BCUT2D eigenvalue weighted by Crippen LogP contribution is -2.31. The fourth-order valence-electron chi connectivity index (χ4n) is 2.28. The van der Waals surface area contributed by atoms with Crippen LogP contribution in [0.3, 0.4) is 0 Å². The molecule has 0 aliphatic carbocycles. The number of nitrogens with zero attached hydrogens (tertiary/aromatic N) is 3. The third-order valence-corrected chi connectivity index (χ3v) is 6.03. The van der Waals surface area contributed by atoms with Gasteiger partial charge in [0.25, 0.3) is 0 Å². The molecule has 1 aliphatic heterocycles. The molecule has 0 bridgehead atoms. The Hall–Kier alpha value is -1.22. The molecule has 0 radical (unpaired) electrons. The van der Waals surface area contributed by atoms with E-state index in [0.717, 1.165) is 4.47 Å². The van der Waals surface area contributed by atoms with Crippen LogP contribution in [0.4, 0.5) is 0 Å². The zero-order valence-corrected chi connectivity index (χ0v) is 15.1. The predicted molar refractivity (Wildman–Crippen MR) is 89.0 cm³/mol. The summed E-state index contributed by atoms with van der Waals surface area (Å²) in [5.41, 5.74) is 0. The van der Waals surface area contributed by atoms with Crippen LogP contribution >= 0.6 is 27.5 Å². The molecule has 1 atom stereocenters. The van der Waals surface area contributed by atoms with E-state index in [1.165, 1.54) is 16.7 Å². The van der Waals surface area contributed by atoms with Crippen molar-refractivity contribution in [3.05, 3.63) is 46.2 Å². The van der Waals surface area contributed by atoms with Gasteiger partial charge in [0.1, 0.15) is 6.10 Å². The predicted octanol–water partition coefficient (Wildman–Crippen LogP) is 2.73. The van der Waals surface area contributed by atoms with Crippen LogP contribution < -0.4 is 4.74 Å². The summed E-state index contributed by atoms with van der Waals surface area (Å²) in [6, 6.07) is 6.77. The zero-order valence-electron chi connectivity index (χ0n) is 11.9. The third-order valence-electron chi connectivity index (χ3n) is 3.43. The largest absolute Gasteiger partial charge is 0.459 e. The van der Waals surface area contributed by atoms with Crippen molar-refractivity contribution in [2.75, 3.05) is 13.1 Å². The first-order chi connectivity index (χ1) is 10.9. The Morgan fingerprint density at radius 3 is 2.52 bits per heavy atom. The lowest BCUT2D eigenvalue weighted by Gasteiger charge is -2.16.